The summed E-state index contributed by atoms with van der Waals surface area (Å²) in [6.07, 6.45) is 0.947. The molecule has 0 bridgehead atoms. The fourth-order valence-electron chi connectivity index (χ4n) is 3.30. The van der Waals surface area contributed by atoms with Crippen molar-refractivity contribution in [2.75, 3.05) is 6.54 Å². The Balaban J connectivity index is 2.45. The molecule has 2 rings (SSSR count). The van der Waals surface area contributed by atoms with Crippen molar-refractivity contribution in [1.29, 1.82) is 0 Å². The Labute approximate surface area is 146 Å². The molecule has 2 aromatic rings. The zero-order chi connectivity index (χ0) is 17.9. The van der Waals surface area contributed by atoms with E-state index in [1.54, 1.807) is 0 Å². The number of amides is 1. The van der Waals surface area contributed by atoms with Crippen molar-refractivity contribution in [2.24, 2.45) is 5.92 Å². The second kappa shape index (κ2) is 7.69. The lowest BCUT2D eigenvalue weighted by Gasteiger charge is -2.15. The summed E-state index contributed by atoms with van der Waals surface area (Å²) in [5.41, 5.74) is 6.94. The van der Waals surface area contributed by atoms with E-state index in [0.717, 1.165) is 24.2 Å². The van der Waals surface area contributed by atoms with Crippen LogP contribution in [0.4, 0.5) is 0 Å². The van der Waals surface area contributed by atoms with Gasteiger partial charge in [-0.05, 0) is 55.4 Å². The predicted molar refractivity (Wildman–Crippen MR) is 101 cm³/mol. The van der Waals surface area contributed by atoms with Crippen LogP contribution in [-0.2, 0) is 13.0 Å². The lowest BCUT2D eigenvalue weighted by Crippen LogP contribution is -2.30. The van der Waals surface area contributed by atoms with Crippen LogP contribution in [0.15, 0.2) is 24.3 Å². The molecule has 1 amide bonds. The molecular formula is C21H30N2O. The fraction of sp³-hybridized carbons (Fsp3) is 0.476. The van der Waals surface area contributed by atoms with Crippen molar-refractivity contribution in [3.8, 4) is 0 Å². The van der Waals surface area contributed by atoms with Gasteiger partial charge in [-0.2, -0.15) is 0 Å². The summed E-state index contributed by atoms with van der Waals surface area (Å²) in [6, 6.07) is 8.39. The van der Waals surface area contributed by atoms with Crippen LogP contribution < -0.4 is 5.32 Å². The number of aryl methyl sites for hydroxylation is 1. The normalized spacial score (nSPS) is 11.1. The molecule has 0 unspecified atom stereocenters. The minimum absolute atomic E-state index is 0.0394. The lowest BCUT2D eigenvalue weighted by molar-refractivity contribution is 0.0939. The largest absolute Gasteiger partial charge is 0.350 e. The predicted octanol–water partition coefficient (Wildman–Crippen LogP) is 4.41. The van der Waals surface area contributed by atoms with E-state index in [9.17, 15) is 4.79 Å². The summed E-state index contributed by atoms with van der Waals surface area (Å²) < 4.78 is 2.19. The number of hydrogen-bond donors (Lipinski definition) is 1. The third kappa shape index (κ3) is 3.72. The lowest BCUT2D eigenvalue weighted by atomic mass is 10.1. The van der Waals surface area contributed by atoms with E-state index in [1.807, 2.05) is 0 Å². The van der Waals surface area contributed by atoms with Crippen LogP contribution in [0.2, 0.25) is 0 Å². The Bertz CT molecular complexity index is 726. The molecule has 0 saturated heterocycles. The Morgan fingerprint density at radius 1 is 1.17 bits per heavy atom. The number of nitrogens with one attached hydrogen (secondary N) is 1. The first-order chi connectivity index (χ1) is 11.4. The standard InChI is InChI=1S/C21H30N2O/c1-7-19-16(5)20(21(24)22-12-14(2)3)23(17(19)6)13-18-11-9-8-10-15(18)4/h8-11,14H,7,12-13H2,1-6H3,(H,22,24). The van der Waals surface area contributed by atoms with E-state index >= 15 is 0 Å². The van der Waals surface area contributed by atoms with Crippen LogP contribution in [-0.4, -0.2) is 17.0 Å². The van der Waals surface area contributed by atoms with E-state index in [-0.39, 0.29) is 5.91 Å². The molecule has 0 aliphatic rings. The summed E-state index contributed by atoms with van der Waals surface area (Å²) >= 11 is 0. The highest BCUT2D eigenvalue weighted by atomic mass is 16.1. The van der Waals surface area contributed by atoms with E-state index in [4.69, 9.17) is 0 Å². The highest BCUT2D eigenvalue weighted by Gasteiger charge is 2.22. The highest BCUT2D eigenvalue weighted by molar-refractivity contribution is 5.95. The minimum atomic E-state index is 0.0394. The van der Waals surface area contributed by atoms with Gasteiger partial charge in [0, 0.05) is 18.8 Å². The Kier molecular flexibility index (Phi) is 5.87. The van der Waals surface area contributed by atoms with Crippen LogP contribution in [0.1, 0.15) is 59.2 Å². The van der Waals surface area contributed by atoms with E-state index in [0.29, 0.717) is 12.5 Å². The SMILES string of the molecule is CCc1c(C)c(C(=O)NCC(C)C)n(Cc2ccccc2C)c1C. The maximum Gasteiger partial charge on any atom is 0.268 e. The van der Waals surface area contributed by atoms with Crippen molar-refractivity contribution in [1.82, 2.24) is 9.88 Å². The molecule has 1 heterocycles. The van der Waals surface area contributed by atoms with Crippen LogP contribution >= 0.6 is 0 Å². The third-order valence-electron chi connectivity index (χ3n) is 4.75. The average Bonchev–Trinajstić information content (AvgIpc) is 2.77. The zero-order valence-corrected chi connectivity index (χ0v) is 15.9. The Hall–Kier alpha value is -2.03. The summed E-state index contributed by atoms with van der Waals surface area (Å²) in [5.74, 6) is 0.485. The molecule has 0 spiro atoms. The topological polar surface area (TPSA) is 34.0 Å². The molecule has 1 aromatic heterocycles. The van der Waals surface area contributed by atoms with Crippen LogP contribution in [0.25, 0.3) is 0 Å². The second-order valence-corrected chi connectivity index (χ2v) is 7.01. The van der Waals surface area contributed by atoms with Gasteiger partial charge in [0.1, 0.15) is 5.69 Å². The van der Waals surface area contributed by atoms with Gasteiger partial charge in [0.25, 0.3) is 5.91 Å². The van der Waals surface area contributed by atoms with Gasteiger partial charge in [0.2, 0.25) is 0 Å². The van der Waals surface area contributed by atoms with Gasteiger partial charge in [0.15, 0.2) is 0 Å². The average molecular weight is 326 g/mol. The van der Waals surface area contributed by atoms with E-state index in [2.05, 4.69) is 75.7 Å². The third-order valence-corrected chi connectivity index (χ3v) is 4.75. The van der Waals surface area contributed by atoms with Gasteiger partial charge >= 0.3 is 0 Å². The molecule has 0 atom stereocenters. The van der Waals surface area contributed by atoms with Crippen molar-refractivity contribution in [3.05, 3.63) is 57.9 Å². The maximum atomic E-state index is 12.8. The molecule has 0 saturated carbocycles. The molecule has 1 aromatic carbocycles. The van der Waals surface area contributed by atoms with Crippen molar-refractivity contribution in [2.45, 2.75) is 54.5 Å². The van der Waals surface area contributed by atoms with E-state index < -0.39 is 0 Å². The molecule has 1 N–H and O–H groups in total. The van der Waals surface area contributed by atoms with Gasteiger partial charge in [-0.15, -0.1) is 0 Å². The fourth-order valence-corrected chi connectivity index (χ4v) is 3.30. The number of rotatable bonds is 6. The van der Waals surface area contributed by atoms with Gasteiger partial charge < -0.3 is 9.88 Å². The molecule has 24 heavy (non-hydrogen) atoms. The number of hydrogen-bond acceptors (Lipinski definition) is 1. The first-order valence-corrected chi connectivity index (χ1v) is 8.88. The quantitative estimate of drug-likeness (QED) is 0.838. The van der Waals surface area contributed by atoms with Crippen molar-refractivity contribution < 1.29 is 4.79 Å². The Morgan fingerprint density at radius 3 is 2.42 bits per heavy atom. The highest BCUT2D eigenvalue weighted by Crippen LogP contribution is 2.25. The van der Waals surface area contributed by atoms with Gasteiger partial charge in [-0.25, -0.2) is 0 Å². The van der Waals surface area contributed by atoms with Crippen molar-refractivity contribution in [3.63, 3.8) is 0 Å². The summed E-state index contributed by atoms with van der Waals surface area (Å²) in [4.78, 5) is 12.8. The van der Waals surface area contributed by atoms with E-state index in [1.165, 1.54) is 22.4 Å². The molecule has 0 aliphatic carbocycles. The first kappa shape index (κ1) is 18.3. The Morgan fingerprint density at radius 2 is 1.83 bits per heavy atom. The molecule has 3 heteroatoms. The number of aromatic nitrogens is 1. The summed E-state index contributed by atoms with van der Waals surface area (Å²) in [6.45, 7) is 14.2. The van der Waals surface area contributed by atoms with Crippen molar-refractivity contribution >= 4 is 5.91 Å². The zero-order valence-electron chi connectivity index (χ0n) is 15.9. The number of benzene rings is 1. The number of carbonyl (C=O) groups is 1. The summed E-state index contributed by atoms with van der Waals surface area (Å²) in [5, 5.41) is 3.08. The second-order valence-electron chi connectivity index (χ2n) is 7.01. The number of nitrogens with zero attached hydrogens (tertiary/aromatic N) is 1. The molecular weight excluding hydrogens is 296 g/mol. The smallest absolute Gasteiger partial charge is 0.268 e. The summed E-state index contributed by atoms with van der Waals surface area (Å²) in [7, 11) is 0. The monoisotopic (exact) mass is 326 g/mol. The van der Waals surface area contributed by atoms with Gasteiger partial charge in [0.05, 0.1) is 0 Å². The molecule has 3 nitrogen and oxygen atoms in total. The molecule has 0 fully saturated rings. The van der Waals surface area contributed by atoms with Crippen LogP contribution in [0, 0.1) is 26.7 Å². The van der Waals surface area contributed by atoms with Crippen LogP contribution in [0.5, 0.6) is 0 Å². The molecule has 0 aliphatic heterocycles. The van der Waals surface area contributed by atoms with Gasteiger partial charge in [-0.3, -0.25) is 4.79 Å². The maximum absolute atomic E-state index is 12.8. The molecule has 0 radical (unpaired) electrons. The first-order valence-electron chi connectivity index (χ1n) is 8.88. The minimum Gasteiger partial charge on any atom is -0.350 e. The number of carbonyl (C=O) groups excluding carboxylic acids is 1. The van der Waals surface area contributed by atoms with Gasteiger partial charge in [-0.1, -0.05) is 45.0 Å². The van der Waals surface area contributed by atoms with Crippen LogP contribution in [0.3, 0.4) is 0 Å². The molecule has 130 valence electrons.